The predicted molar refractivity (Wildman–Crippen MR) is 218 cm³/mol. The van der Waals surface area contributed by atoms with Gasteiger partial charge >= 0.3 is 12.0 Å². The number of hydrogen-bond acceptors (Lipinski definition) is 8. The first-order valence-electron chi connectivity index (χ1n) is 18.6. The minimum absolute atomic E-state index is 0.0269. The number of nitrogens with one attached hydrogen (secondary N) is 3. The molecule has 5 aromatic rings. The van der Waals surface area contributed by atoms with E-state index in [9.17, 15) is 19.5 Å². The van der Waals surface area contributed by atoms with E-state index in [1.54, 1.807) is 11.8 Å². The molecule has 290 valence electrons. The summed E-state index contributed by atoms with van der Waals surface area (Å²) in [5.74, 6) is 0.104. The average Bonchev–Trinajstić information content (AvgIpc) is 3.23. The zero-order valence-corrected chi connectivity index (χ0v) is 32.5. The van der Waals surface area contributed by atoms with Gasteiger partial charge in [-0.3, -0.25) is 4.79 Å². The topological polar surface area (TPSA) is 135 Å². The first kappa shape index (κ1) is 40.2. The van der Waals surface area contributed by atoms with E-state index in [0.29, 0.717) is 12.2 Å². The van der Waals surface area contributed by atoms with Crippen LogP contribution in [0.1, 0.15) is 54.1 Å². The van der Waals surface area contributed by atoms with E-state index in [0.717, 1.165) is 49.5 Å². The van der Waals surface area contributed by atoms with E-state index < -0.39 is 24.3 Å². The minimum atomic E-state index is -0.821. The van der Waals surface area contributed by atoms with Crippen LogP contribution in [0.3, 0.4) is 0 Å². The third-order valence-electron chi connectivity index (χ3n) is 9.68. The van der Waals surface area contributed by atoms with Gasteiger partial charge in [-0.25, -0.2) is 9.59 Å². The Morgan fingerprint density at radius 2 is 1.48 bits per heavy atom. The lowest BCUT2D eigenvalue weighted by Gasteiger charge is -2.41. The summed E-state index contributed by atoms with van der Waals surface area (Å²) in [5, 5.41) is 18.0. The van der Waals surface area contributed by atoms with Crippen LogP contribution in [0.5, 0.6) is 0 Å². The number of amides is 3. The van der Waals surface area contributed by atoms with Crippen molar-refractivity contribution >= 4 is 35.4 Å². The SMILES string of the molecule is COC(=O)C(Cc1ccccc1)NC(=O)NCc1cccc(-c2ccc(C3OC(CSc4ccc(NC(C)=O)cc4)C(C)C(c4ccc(CO)cc4)O3)cc2)c1. The number of thioether (sulfide) groups is 1. The number of esters is 1. The lowest BCUT2D eigenvalue weighted by Crippen LogP contribution is -2.47. The largest absolute Gasteiger partial charge is 0.467 e. The molecule has 6 rings (SSSR count). The van der Waals surface area contributed by atoms with Gasteiger partial charge in [-0.1, -0.05) is 104 Å². The summed E-state index contributed by atoms with van der Waals surface area (Å²) in [6.07, 6.45) is -0.674. The number of rotatable bonds is 14. The maximum absolute atomic E-state index is 12.8. The summed E-state index contributed by atoms with van der Waals surface area (Å²) < 4.78 is 18.3. The molecule has 1 aliphatic heterocycles. The maximum atomic E-state index is 12.8. The number of carbonyl (C=O) groups is 3. The van der Waals surface area contributed by atoms with E-state index in [4.69, 9.17) is 14.2 Å². The quantitative estimate of drug-likeness (QED) is 0.0660. The summed E-state index contributed by atoms with van der Waals surface area (Å²) >= 11 is 1.69. The number of urea groups is 1. The van der Waals surface area contributed by atoms with E-state index in [1.807, 2.05) is 127 Å². The molecular formula is C45H47N3O7S. The zero-order chi connectivity index (χ0) is 39.4. The summed E-state index contributed by atoms with van der Waals surface area (Å²) in [6, 6.07) is 39.9. The molecule has 4 N–H and O–H groups in total. The second-order valence-electron chi connectivity index (χ2n) is 13.8. The number of benzene rings is 5. The molecule has 1 aliphatic rings. The van der Waals surface area contributed by atoms with Crippen LogP contribution in [0.4, 0.5) is 10.5 Å². The molecule has 3 amide bonds. The molecule has 11 heteroatoms. The first-order chi connectivity index (χ1) is 27.2. The third-order valence-corrected chi connectivity index (χ3v) is 10.8. The van der Waals surface area contributed by atoms with Crippen LogP contribution >= 0.6 is 11.8 Å². The molecule has 5 aromatic carbocycles. The van der Waals surface area contributed by atoms with Gasteiger partial charge in [-0.15, -0.1) is 11.8 Å². The van der Waals surface area contributed by atoms with Crippen molar-refractivity contribution in [1.82, 2.24) is 10.6 Å². The van der Waals surface area contributed by atoms with Gasteiger partial charge in [0.05, 0.1) is 25.9 Å². The highest BCUT2D eigenvalue weighted by Crippen LogP contribution is 2.43. The van der Waals surface area contributed by atoms with Crippen LogP contribution in [0.2, 0.25) is 0 Å². The predicted octanol–water partition coefficient (Wildman–Crippen LogP) is 7.97. The van der Waals surface area contributed by atoms with E-state index in [1.165, 1.54) is 14.0 Å². The Balaban J connectivity index is 1.12. The van der Waals surface area contributed by atoms with Gasteiger partial charge in [0.25, 0.3) is 0 Å². The number of aliphatic hydroxyl groups is 1. The Morgan fingerprint density at radius 1 is 0.786 bits per heavy atom. The molecule has 56 heavy (non-hydrogen) atoms. The Labute approximate surface area is 332 Å². The number of aliphatic hydroxyl groups excluding tert-OH is 1. The van der Waals surface area contributed by atoms with Gasteiger partial charge in [-0.05, 0) is 63.7 Å². The van der Waals surface area contributed by atoms with Crippen molar-refractivity contribution in [3.63, 3.8) is 0 Å². The van der Waals surface area contributed by atoms with Crippen LogP contribution in [0.15, 0.2) is 132 Å². The van der Waals surface area contributed by atoms with Crippen LogP contribution in [0.25, 0.3) is 11.1 Å². The van der Waals surface area contributed by atoms with Crippen LogP contribution in [-0.2, 0) is 43.4 Å². The second kappa shape index (κ2) is 19.4. The van der Waals surface area contributed by atoms with Crippen molar-refractivity contribution in [1.29, 1.82) is 0 Å². The number of carbonyl (C=O) groups excluding carboxylic acids is 3. The fourth-order valence-electron chi connectivity index (χ4n) is 6.60. The Bertz CT molecular complexity index is 2060. The molecule has 10 nitrogen and oxygen atoms in total. The molecule has 1 saturated heterocycles. The fraction of sp³-hybridized carbons (Fsp3) is 0.267. The second-order valence-corrected chi connectivity index (χ2v) is 14.8. The average molecular weight is 774 g/mol. The van der Waals surface area contributed by atoms with Gasteiger partial charge in [0.1, 0.15) is 6.04 Å². The molecule has 0 spiro atoms. The highest BCUT2D eigenvalue weighted by Gasteiger charge is 2.38. The number of methoxy groups -OCH3 is 1. The zero-order valence-electron chi connectivity index (χ0n) is 31.6. The van der Waals surface area contributed by atoms with E-state index >= 15 is 0 Å². The van der Waals surface area contributed by atoms with Gasteiger partial charge in [0.15, 0.2) is 6.29 Å². The van der Waals surface area contributed by atoms with Gasteiger partial charge in [0, 0.05) is 47.7 Å². The molecule has 0 saturated carbocycles. The van der Waals surface area contributed by atoms with E-state index in [-0.39, 0.29) is 37.2 Å². The molecule has 5 unspecified atom stereocenters. The van der Waals surface area contributed by atoms with Gasteiger partial charge < -0.3 is 35.3 Å². The monoisotopic (exact) mass is 773 g/mol. The Hall–Kier alpha value is -5.46. The lowest BCUT2D eigenvalue weighted by atomic mass is 9.91. The van der Waals surface area contributed by atoms with Gasteiger partial charge in [-0.2, -0.15) is 0 Å². The highest BCUT2D eigenvalue weighted by atomic mass is 32.2. The summed E-state index contributed by atoms with van der Waals surface area (Å²) in [5.41, 5.74) is 7.27. The highest BCUT2D eigenvalue weighted by molar-refractivity contribution is 7.99. The van der Waals surface area contributed by atoms with Crippen molar-refractivity contribution in [2.24, 2.45) is 5.92 Å². The number of anilines is 1. The fourth-order valence-corrected chi connectivity index (χ4v) is 7.66. The standard InChI is InChI=1S/C45H47N3O7S/c1-29-41(28-56-39-22-20-38(21-23-39)47-30(2)50)54-44(55-42(29)35-14-12-32(27-49)13-15-35)36-18-16-34(17-19-36)37-11-7-10-33(24-37)26-46-45(52)48-40(43(51)53-3)25-31-8-5-4-6-9-31/h4-24,29,40-42,44,49H,25-28H2,1-3H3,(H,47,50)(H2,46,48,52). The molecule has 1 fully saturated rings. The van der Waals surface area contributed by atoms with E-state index in [2.05, 4.69) is 22.9 Å². The molecule has 0 aromatic heterocycles. The molecule has 0 bridgehead atoms. The van der Waals surface area contributed by atoms with Crippen molar-refractivity contribution < 1.29 is 33.7 Å². The van der Waals surface area contributed by atoms with Crippen molar-refractivity contribution in [2.75, 3.05) is 18.2 Å². The van der Waals surface area contributed by atoms with Crippen molar-refractivity contribution in [2.45, 2.75) is 62.9 Å². The summed E-state index contributed by atoms with van der Waals surface area (Å²) in [7, 11) is 1.31. The lowest BCUT2D eigenvalue weighted by molar-refractivity contribution is -0.268. The van der Waals surface area contributed by atoms with Crippen LogP contribution < -0.4 is 16.0 Å². The molecular weight excluding hydrogens is 727 g/mol. The first-order valence-corrected chi connectivity index (χ1v) is 19.5. The molecule has 5 atom stereocenters. The Kier molecular flexibility index (Phi) is 13.9. The van der Waals surface area contributed by atoms with Gasteiger partial charge in [0.2, 0.25) is 5.91 Å². The normalized spacial score (nSPS) is 18.4. The smallest absolute Gasteiger partial charge is 0.328 e. The van der Waals surface area contributed by atoms with Crippen molar-refractivity contribution in [3.8, 4) is 11.1 Å². The number of hydrogen-bond donors (Lipinski definition) is 4. The molecule has 0 aliphatic carbocycles. The van der Waals surface area contributed by atoms with Crippen LogP contribution in [-0.4, -0.2) is 48.0 Å². The summed E-state index contributed by atoms with van der Waals surface area (Å²) in [6.45, 7) is 3.87. The minimum Gasteiger partial charge on any atom is -0.467 e. The third kappa shape index (κ3) is 10.9. The summed E-state index contributed by atoms with van der Waals surface area (Å²) in [4.78, 5) is 37.8. The van der Waals surface area contributed by atoms with Crippen LogP contribution in [0, 0.1) is 5.92 Å². The maximum Gasteiger partial charge on any atom is 0.328 e. The Morgan fingerprint density at radius 3 is 2.16 bits per heavy atom. The molecule has 0 radical (unpaired) electrons. The molecule has 1 heterocycles. The van der Waals surface area contributed by atoms with Crippen molar-refractivity contribution in [3.05, 3.63) is 155 Å². The number of ether oxygens (including phenoxy) is 3.